The summed E-state index contributed by atoms with van der Waals surface area (Å²) in [6.45, 7) is -0.146. The number of hydrogen-bond donors (Lipinski definition) is 3. The van der Waals surface area contributed by atoms with Crippen molar-refractivity contribution in [1.82, 2.24) is 0 Å². The Kier molecular flexibility index (Phi) is 6.54. The molecular weight excluding hydrogens is 352 g/mol. The van der Waals surface area contributed by atoms with Gasteiger partial charge < -0.3 is 29.5 Å². The second kappa shape index (κ2) is 9.07. The van der Waals surface area contributed by atoms with Crippen LogP contribution in [0.1, 0.15) is 15.9 Å². The lowest BCUT2D eigenvalue weighted by Crippen LogP contribution is -2.59. The summed E-state index contributed by atoms with van der Waals surface area (Å²) in [6, 6.07) is 17.6. The van der Waals surface area contributed by atoms with Gasteiger partial charge in [-0.2, -0.15) is 0 Å². The molecule has 1 heterocycles. The van der Waals surface area contributed by atoms with Crippen LogP contribution in [0.2, 0.25) is 0 Å². The van der Waals surface area contributed by atoms with Crippen molar-refractivity contribution in [3.63, 3.8) is 0 Å². The Bertz CT molecular complexity index is 722. The Balaban J connectivity index is 1.59. The van der Waals surface area contributed by atoms with Crippen LogP contribution in [0.25, 0.3) is 0 Å². The lowest BCUT2D eigenvalue weighted by Gasteiger charge is -2.40. The quantitative estimate of drug-likeness (QED) is 0.644. The van der Waals surface area contributed by atoms with Gasteiger partial charge in [-0.3, -0.25) is 0 Å². The number of hydrogen-bond acceptors (Lipinski definition) is 7. The molecule has 5 atom stereocenters. The van der Waals surface area contributed by atoms with Gasteiger partial charge in [-0.05, 0) is 17.7 Å². The van der Waals surface area contributed by atoms with Crippen molar-refractivity contribution in [1.29, 1.82) is 0 Å². The molecule has 0 saturated carbocycles. The van der Waals surface area contributed by atoms with Gasteiger partial charge in [0.15, 0.2) is 6.29 Å². The van der Waals surface area contributed by atoms with Crippen LogP contribution in [0, 0.1) is 0 Å². The molecule has 0 unspecified atom stereocenters. The highest BCUT2D eigenvalue weighted by Crippen LogP contribution is 2.24. The van der Waals surface area contributed by atoms with Crippen molar-refractivity contribution in [2.24, 2.45) is 0 Å². The van der Waals surface area contributed by atoms with Gasteiger partial charge in [0.2, 0.25) is 0 Å². The van der Waals surface area contributed by atoms with E-state index >= 15 is 0 Å². The van der Waals surface area contributed by atoms with E-state index in [1.807, 2.05) is 30.3 Å². The lowest BCUT2D eigenvalue weighted by molar-refractivity contribution is -0.295. The molecule has 1 fully saturated rings. The highest BCUT2D eigenvalue weighted by atomic mass is 16.7. The monoisotopic (exact) mass is 374 g/mol. The standard InChI is InChI=1S/C20H22O7/c21-16-15(12-26-19(23)14-9-5-2-6-10-14)27-20(24)17(22)18(16)25-11-13-7-3-1-4-8-13/h1-10,15-18,20-22,24H,11-12H2/t15-,16-,17+,18+,20+/m1/s1. The first-order valence-corrected chi connectivity index (χ1v) is 8.63. The second-order valence-electron chi connectivity index (χ2n) is 6.27. The van der Waals surface area contributed by atoms with Gasteiger partial charge in [0, 0.05) is 0 Å². The first-order chi connectivity index (χ1) is 13.1. The number of rotatable bonds is 6. The Morgan fingerprint density at radius 2 is 1.56 bits per heavy atom. The third-order valence-corrected chi connectivity index (χ3v) is 4.33. The SMILES string of the molecule is O=C(OC[C@H]1O[C@H](O)[C@@H](O)[C@@H](OCc2ccccc2)[C@@H]1O)c1ccccc1. The molecule has 7 heteroatoms. The smallest absolute Gasteiger partial charge is 0.338 e. The van der Waals surface area contributed by atoms with Crippen LogP contribution < -0.4 is 0 Å². The fourth-order valence-electron chi connectivity index (χ4n) is 2.83. The van der Waals surface area contributed by atoms with Crippen molar-refractivity contribution >= 4 is 5.97 Å². The van der Waals surface area contributed by atoms with E-state index < -0.39 is 36.7 Å². The van der Waals surface area contributed by atoms with Crippen LogP contribution in [0.4, 0.5) is 0 Å². The number of aliphatic hydroxyl groups is 3. The van der Waals surface area contributed by atoms with E-state index in [1.165, 1.54) is 0 Å². The number of carbonyl (C=O) groups is 1. The summed E-state index contributed by atoms with van der Waals surface area (Å²) in [5.41, 5.74) is 1.21. The van der Waals surface area contributed by atoms with E-state index in [0.29, 0.717) is 5.56 Å². The zero-order valence-electron chi connectivity index (χ0n) is 14.5. The number of benzene rings is 2. The number of ether oxygens (including phenoxy) is 3. The van der Waals surface area contributed by atoms with Gasteiger partial charge in [-0.1, -0.05) is 48.5 Å². The van der Waals surface area contributed by atoms with Gasteiger partial charge in [-0.15, -0.1) is 0 Å². The number of aliphatic hydroxyl groups excluding tert-OH is 3. The van der Waals surface area contributed by atoms with Gasteiger partial charge in [0.25, 0.3) is 0 Å². The van der Waals surface area contributed by atoms with Crippen molar-refractivity contribution in [3.05, 3.63) is 71.8 Å². The maximum atomic E-state index is 12.0. The molecule has 0 bridgehead atoms. The van der Waals surface area contributed by atoms with Crippen LogP contribution >= 0.6 is 0 Å². The van der Waals surface area contributed by atoms with Crippen molar-refractivity contribution < 1.29 is 34.3 Å². The van der Waals surface area contributed by atoms with Crippen LogP contribution in [-0.2, 0) is 20.8 Å². The molecule has 144 valence electrons. The van der Waals surface area contributed by atoms with Gasteiger partial charge in [0.05, 0.1) is 12.2 Å². The fraction of sp³-hybridized carbons (Fsp3) is 0.350. The largest absolute Gasteiger partial charge is 0.459 e. The van der Waals surface area contributed by atoms with E-state index in [9.17, 15) is 20.1 Å². The average molecular weight is 374 g/mol. The maximum absolute atomic E-state index is 12.0. The summed E-state index contributed by atoms with van der Waals surface area (Å²) in [7, 11) is 0. The minimum Gasteiger partial charge on any atom is -0.459 e. The van der Waals surface area contributed by atoms with Crippen molar-refractivity contribution in [2.45, 2.75) is 37.3 Å². The summed E-state index contributed by atoms with van der Waals surface area (Å²) in [5, 5.41) is 30.5. The van der Waals surface area contributed by atoms with Gasteiger partial charge in [0.1, 0.15) is 31.0 Å². The summed E-state index contributed by atoms with van der Waals surface area (Å²) < 4.78 is 15.9. The minimum atomic E-state index is -1.56. The van der Waals surface area contributed by atoms with E-state index in [-0.39, 0.29) is 13.2 Å². The van der Waals surface area contributed by atoms with Gasteiger partial charge >= 0.3 is 5.97 Å². The summed E-state index contributed by atoms with van der Waals surface area (Å²) >= 11 is 0. The summed E-state index contributed by atoms with van der Waals surface area (Å²) in [5.74, 6) is -0.575. The Labute approximate surface area is 156 Å². The highest BCUT2D eigenvalue weighted by Gasteiger charge is 2.45. The van der Waals surface area contributed by atoms with E-state index in [0.717, 1.165) is 5.56 Å². The molecule has 27 heavy (non-hydrogen) atoms. The predicted octanol–water partition coefficient (Wildman–Crippen LogP) is 0.868. The zero-order chi connectivity index (χ0) is 19.2. The molecule has 1 aliphatic heterocycles. The topological polar surface area (TPSA) is 105 Å². The molecule has 1 aliphatic rings. The number of esters is 1. The van der Waals surface area contributed by atoms with Crippen molar-refractivity contribution in [3.8, 4) is 0 Å². The third kappa shape index (κ3) is 4.91. The minimum absolute atomic E-state index is 0.142. The normalized spacial score (nSPS) is 27.9. The number of carbonyl (C=O) groups excluding carboxylic acids is 1. The van der Waals surface area contributed by atoms with Crippen LogP contribution in [0.5, 0.6) is 0 Å². The Morgan fingerprint density at radius 3 is 2.22 bits per heavy atom. The zero-order valence-corrected chi connectivity index (χ0v) is 14.5. The molecule has 7 nitrogen and oxygen atoms in total. The Morgan fingerprint density at radius 1 is 0.926 bits per heavy atom. The first-order valence-electron chi connectivity index (χ1n) is 8.63. The molecule has 3 N–H and O–H groups in total. The molecule has 0 amide bonds. The lowest BCUT2D eigenvalue weighted by atomic mass is 9.99. The van der Waals surface area contributed by atoms with E-state index in [4.69, 9.17) is 14.2 Å². The van der Waals surface area contributed by atoms with E-state index in [1.54, 1.807) is 30.3 Å². The third-order valence-electron chi connectivity index (χ3n) is 4.33. The molecular formula is C20H22O7. The summed E-state index contributed by atoms with van der Waals surface area (Å²) in [6.07, 6.45) is -6.39. The van der Waals surface area contributed by atoms with Crippen LogP contribution in [-0.4, -0.2) is 58.6 Å². The molecule has 0 radical (unpaired) electrons. The maximum Gasteiger partial charge on any atom is 0.338 e. The van der Waals surface area contributed by atoms with E-state index in [2.05, 4.69) is 0 Å². The molecule has 0 aliphatic carbocycles. The predicted molar refractivity (Wildman–Crippen MR) is 94.6 cm³/mol. The Hall–Kier alpha value is -2.29. The molecule has 3 rings (SSSR count). The first kappa shape index (κ1) is 19.5. The second-order valence-corrected chi connectivity index (χ2v) is 6.27. The highest BCUT2D eigenvalue weighted by molar-refractivity contribution is 5.89. The molecule has 2 aromatic rings. The fourth-order valence-corrected chi connectivity index (χ4v) is 2.83. The van der Waals surface area contributed by atoms with Gasteiger partial charge in [-0.25, -0.2) is 4.79 Å². The van der Waals surface area contributed by atoms with Crippen molar-refractivity contribution in [2.75, 3.05) is 6.61 Å². The molecule has 0 aromatic heterocycles. The molecule has 1 saturated heterocycles. The molecule has 2 aromatic carbocycles. The average Bonchev–Trinajstić information content (AvgIpc) is 2.71. The van der Waals surface area contributed by atoms with Crippen LogP contribution in [0.3, 0.4) is 0 Å². The van der Waals surface area contributed by atoms with Crippen LogP contribution in [0.15, 0.2) is 60.7 Å². The summed E-state index contributed by atoms with van der Waals surface area (Å²) in [4.78, 5) is 12.0. The molecule has 0 spiro atoms.